The number of hydrogen-bond acceptors (Lipinski definition) is 6. The van der Waals surface area contributed by atoms with E-state index < -0.39 is 0 Å². The molecule has 0 spiro atoms. The number of nitrogens with zero attached hydrogens (tertiary/aromatic N) is 7. The lowest BCUT2D eigenvalue weighted by atomic mass is 9.81. The van der Waals surface area contributed by atoms with Crippen molar-refractivity contribution in [1.29, 1.82) is 5.26 Å². The molecule has 0 bridgehead atoms. The first-order valence-electron chi connectivity index (χ1n) is 11.8. The van der Waals surface area contributed by atoms with Gasteiger partial charge in [-0.3, -0.25) is 4.40 Å². The molecule has 4 aromatic rings. The van der Waals surface area contributed by atoms with Crippen molar-refractivity contribution < 1.29 is 4.39 Å². The molecule has 2 aliphatic rings. The Morgan fingerprint density at radius 2 is 1.79 bits per heavy atom. The number of aryl methyl sites for hydroxylation is 1. The fraction of sp³-hybridized carbons (Fsp3) is 0.385. The van der Waals surface area contributed by atoms with Crippen molar-refractivity contribution in [3.8, 4) is 6.07 Å². The molecule has 0 unspecified atom stereocenters. The lowest BCUT2D eigenvalue weighted by Crippen LogP contribution is -2.39. The SMILES string of the molecule is Cc1nnc2nc(N3CCCc4c(N5CCC(C)(C#N)CC5)cccc43)c3c(F)cccc3n12. The van der Waals surface area contributed by atoms with Crippen molar-refractivity contribution in [3.63, 3.8) is 0 Å². The molecule has 0 aliphatic carbocycles. The second-order valence-corrected chi connectivity index (χ2v) is 9.64. The molecule has 0 saturated carbocycles. The molecule has 0 atom stereocenters. The molecule has 172 valence electrons. The Morgan fingerprint density at radius 1 is 1.03 bits per heavy atom. The number of rotatable bonds is 2. The van der Waals surface area contributed by atoms with Gasteiger partial charge >= 0.3 is 0 Å². The molecule has 0 radical (unpaired) electrons. The van der Waals surface area contributed by atoms with E-state index in [1.807, 2.05) is 17.4 Å². The minimum absolute atomic E-state index is 0.247. The Balaban J connectivity index is 1.49. The molecule has 2 aliphatic heterocycles. The van der Waals surface area contributed by atoms with Crippen LogP contribution in [0.3, 0.4) is 0 Å². The number of halogens is 1. The lowest BCUT2D eigenvalue weighted by Gasteiger charge is -2.39. The number of benzene rings is 2. The summed E-state index contributed by atoms with van der Waals surface area (Å²) < 4.78 is 17.1. The summed E-state index contributed by atoms with van der Waals surface area (Å²) in [5, 5.41) is 18.4. The van der Waals surface area contributed by atoms with Gasteiger partial charge in [0, 0.05) is 31.0 Å². The quantitative estimate of drug-likeness (QED) is 0.426. The third kappa shape index (κ3) is 3.11. The van der Waals surface area contributed by atoms with Crippen molar-refractivity contribution in [2.45, 2.75) is 39.5 Å². The smallest absolute Gasteiger partial charge is 0.257 e. The molecule has 1 saturated heterocycles. The average Bonchev–Trinajstić information content (AvgIpc) is 3.24. The van der Waals surface area contributed by atoms with E-state index in [1.165, 1.54) is 17.3 Å². The highest BCUT2D eigenvalue weighted by Crippen LogP contribution is 2.42. The highest BCUT2D eigenvalue weighted by molar-refractivity contribution is 5.95. The summed E-state index contributed by atoms with van der Waals surface area (Å²) >= 11 is 0. The summed E-state index contributed by atoms with van der Waals surface area (Å²) in [5.74, 6) is 1.44. The second-order valence-electron chi connectivity index (χ2n) is 9.64. The normalized spacial score (nSPS) is 17.7. The van der Waals surface area contributed by atoms with Gasteiger partial charge < -0.3 is 9.80 Å². The first-order chi connectivity index (χ1) is 16.5. The molecule has 6 rings (SSSR count). The molecule has 1 fully saturated rings. The molecule has 0 N–H and O–H groups in total. The molecular weight excluding hydrogens is 429 g/mol. The van der Waals surface area contributed by atoms with Crippen LogP contribution in [0.2, 0.25) is 0 Å². The largest absolute Gasteiger partial charge is 0.371 e. The van der Waals surface area contributed by atoms with E-state index in [2.05, 4.69) is 51.2 Å². The van der Waals surface area contributed by atoms with Crippen molar-refractivity contribution in [2.24, 2.45) is 5.41 Å². The van der Waals surface area contributed by atoms with Gasteiger partial charge in [-0.15, -0.1) is 10.2 Å². The summed E-state index contributed by atoms with van der Waals surface area (Å²) in [7, 11) is 0. The Morgan fingerprint density at radius 3 is 2.59 bits per heavy atom. The topological polar surface area (TPSA) is 73.3 Å². The molecule has 2 aromatic carbocycles. The van der Waals surface area contributed by atoms with Gasteiger partial charge in [-0.1, -0.05) is 12.1 Å². The van der Waals surface area contributed by atoms with Gasteiger partial charge in [0.15, 0.2) is 0 Å². The van der Waals surface area contributed by atoms with E-state index in [-0.39, 0.29) is 11.2 Å². The van der Waals surface area contributed by atoms with Crippen molar-refractivity contribution in [1.82, 2.24) is 19.6 Å². The molecular formula is C26H26FN7. The van der Waals surface area contributed by atoms with E-state index in [4.69, 9.17) is 4.98 Å². The van der Waals surface area contributed by atoms with Gasteiger partial charge in [0.2, 0.25) is 0 Å². The van der Waals surface area contributed by atoms with Gasteiger partial charge in [-0.25, -0.2) is 4.39 Å². The standard InChI is InChI=1S/C26H26FN7/c1-17-30-31-25-29-24(23-19(27)7-3-10-22(23)34(17)25)33-13-5-6-18-20(8-4-9-21(18)33)32-14-11-26(2,16-28)12-15-32/h3-4,7-10H,5-6,11-15H2,1-2H3. The Bertz CT molecular complexity index is 1460. The van der Waals surface area contributed by atoms with Crippen molar-refractivity contribution >= 4 is 33.9 Å². The summed E-state index contributed by atoms with van der Waals surface area (Å²) in [6.07, 6.45) is 3.62. The Labute approximate surface area is 197 Å². The van der Waals surface area contributed by atoms with Crippen LogP contribution in [0.4, 0.5) is 21.6 Å². The van der Waals surface area contributed by atoms with E-state index >= 15 is 4.39 Å². The fourth-order valence-electron chi connectivity index (χ4n) is 5.45. The van der Waals surface area contributed by atoms with Crippen LogP contribution in [0.5, 0.6) is 0 Å². The van der Waals surface area contributed by atoms with Gasteiger partial charge in [0.05, 0.1) is 22.4 Å². The average molecular weight is 456 g/mol. The molecule has 2 aromatic heterocycles. The Kier molecular flexibility index (Phi) is 4.70. The molecule has 4 heterocycles. The zero-order valence-electron chi connectivity index (χ0n) is 19.4. The molecule has 8 heteroatoms. The summed E-state index contributed by atoms with van der Waals surface area (Å²) in [4.78, 5) is 9.35. The minimum atomic E-state index is -0.301. The third-order valence-electron chi connectivity index (χ3n) is 7.43. The van der Waals surface area contributed by atoms with Gasteiger partial charge in [0.25, 0.3) is 5.78 Å². The highest BCUT2D eigenvalue weighted by Gasteiger charge is 2.32. The zero-order chi connectivity index (χ0) is 23.4. The first-order valence-corrected chi connectivity index (χ1v) is 11.8. The van der Waals surface area contributed by atoms with E-state index in [1.54, 1.807) is 6.07 Å². The van der Waals surface area contributed by atoms with Crippen LogP contribution in [0.25, 0.3) is 16.7 Å². The fourth-order valence-corrected chi connectivity index (χ4v) is 5.45. The Hall–Kier alpha value is -3.73. The minimum Gasteiger partial charge on any atom is -0.371 e. The van der Waals surface area contributed by atoms with Crippen LogP contribution < -0.4 is 9.80 Å². The number of aromatic nitrogens is 4. The van der Waals surface area contributed by atoms with E-state index in [9.17, 15) is 5.26 Å². The van der Waals surface area contributed by atoms with E-state index in [0.717, 1.165) is 56.5 Å². The first kappa shape index (κ1) is 20.8. The van der Waals surface area contributed by atoms with Gasteiger partial charge in [-0.2, -0.15) is 10.2 Å². The number of nitriles is 1. The number of hydrogen-bond donors (Lipinski definition) is 0. The van der Waals surface area contributed by atoms with Crippen molar-refractivity contribution in [2.75, 3.05) is 29.4 Å². The highest BCUT2D eigenvalue weighted by atomic mass is 19.1. The maximum Gasteiger partial charge on any atom is 0.257 e. The van der Waals surface area contributed by atoms with Crippen LogP contribution in [-0.2, 0) is 6.42 Å². The number of anilines is 3. The molecule has 0 amide bonds. The third-order valence-corrected chi connectivity index (χ3v) is 7.43. The van der Waals surface area contributed by atoms with Gasteiger partial charge in [-0.05, 0) is 69.4 Å². The summed E-state index contributed by atoms with van der Waals surface area (Å²) in [6.45, 7) is 6.38. The second kappa shape index (κ2) is 7.66. The number of fused-ring (bicyclic) bond motifs is 4. The zero-order valence-corrected chi connectivity index (χ0v) is 19.4. The molecule has 7 nitrogen and oxygen atoms in total. The number of piperidine rings is 1. The maximum atomic E-state index is 15.3. The predicted molar refractivity (Wildman–Crippen MR) is 130 cm³/mol. The lowest BCUT2D eigenvalue weighted by molar-refractivity contribution is 0.337. The van der Waals surface area contributed by atoms with Gasteiger partial charge in [0.1, 0.15) is 17.5 Å². The monoisotopic (exact) mass is 455 g/mol. The van der Waals surface area contributed by atoms with Crippen LogP contribution in [0.15, 0.2) is 36.4 Å². The van der Waals surface area contributed by atoms with Crippen LogP contribution >= 0.6 is 0 Å². The van der Waals surface area contributed by atoms with Crippen LogP contribution in [0, 0.1) is 29.5 Å². The molecule has 34 heavy (non-hydrogen) atoms. The summed E-state index contributed by atoms with van der Waals surface area (Å²) in [6, 6.07) is 13.9. The van der Waals surface area contributed by atoms with Crippen molar-refractivity contribution in [3.05, 3.63) is 53.6 Å². The van der Waals surface area contributed by atoms with Crippen LogP contribution in [0.1, 0.15) is 37.6 Å². The van der Waals surface area contributed by atoms with Crippen LogP contribution in [-0.4, -0.2) is 39.2 Å². The summed E-state index contributed by atoms with van der Waals surface area (Å²) in [5.41, 5.74) is 4.01. The predicted octanol–water partition coefficient (Wildman–Crippen LogP) is 4.94. The van der Waals surface area contributed by atoms with E-state index in [0.29, 0.717) is 22.8 Å². The maximum absolute atomic E-state index is 15.3.